The lowest BCUT2D eigenvalue weighted by molar-refractivity contribution is -0.184. The summed E-state index contributed by atoms with van der Waals surface area (Å²) in [5.41, 5.74) is -0.808. The molecule has 0 radical (unpaired) electrons. The predicted molar refractivity (Wildman–Crippen MR) is 148 cm³/mol. The van der Waals surface area contributed by atoms with Gasteiger partial charge in [0.05, 0.1) is 6.10 Å². The van der Waals surface area contributed by atoms with Crippen molar-refractivity contribution in [2.75, 3.05) is 0 Å². The van der Waals surface area contributed by atoms with E-state index in [1.807, 2.05) is 13.0 Å². The molecule has 0 saturated heterocycles. The van der Waals surface area contributed by atoms with Crippen LogP contribution in [0.2, 0.25) is 0 Å². The molecule has 0 aromatic carbocycles. The normalized spacial score (nSPS) is 42.1. The molecule has 15 heteroatoms. The van der Waals surface area contributed by atoms with Crippen molar-refractivity contribution in [1.82, 2.24) is 0 Å². The monoisotopic (exact) mass is 644 g/mol. The van der Waals surface area contributed by atoms with Crippen molar-refractivity contribution in [1.29, 1.82) is 0 Å². The van der Waals surface area contributed by atoms with E-state index >= 15 is 0 Å². The molecular weight excluding hydrogens is 600 g/mol. The summed E-state index contributed by atoms with van der Waals surface area (Å²) in [4.78, 5) is 0. The zero-order chi connectivity index (χ0) is 30.6. The van der Waals surface area contributed by atoms with Crippen molar-refractivity contribution in [3.63, 3.8) is 0 Å². The lowest BCUT2D eigenvalue weighted by Crippen LogP contribution is -2.62. The Kier molecular flexibility index (Phi) is 9.48. The van der Waals surface area contributed by atoms with Gasteiger partial charge in [0.2, 0.25) is 0 Å². The summed E-state index contributed by atoms with van der Waals surface area (Å²) in [6, 6.07) is 0. The Morgan fingerprint density at radius 1 is 0.805 bits per heavy atom. The van der Waals surface area contributed by atoms with Gasteiger partial charge in [-0.25, -0.2) is 12.5 Å². The Bertz CT molecular complexity index is 1300. The Hall–Kier alpha value is -0.650. The fourth-order valence-corrected chi connectivity index (χ4v) is 11.3. The molecular formula is C26H44O12S3. The molecule has 12 nitrogen and oxygen atoms in total. The van der Waals surface area contributed by atoms with Gasteiger partial charge in [0, 0.05) is 0 Å². The van der Waals surface area contributed by atoms with Crippen LogP contribution >= 0.6 is 0 Å². The van der Waals surface area contributed by atoms with Crippen LogP contribution in [0.5, 0.6) is 0 Å². The summed E-state index contributed by atoms with van der Waals surface area (Å²) in [5, 5.41) is 0. The number of allylic oxidation sites excluding steroid dienone is 1. The molecule has 238 valence electrons. The van der Waals surface area contributed by atoms with E-state index in [1.165, 1.54) is 0 Å². The number of hydrogen-bond acceptors (Lipinski definition) is 9. The van der Waals surface area contributed by atoms with Gasteiger partial charge in [-0.1, -0.05) is 33.3 Å². The maximum Gasteiger partial charge on any atom is 0.397 e. The van der Waals surface area contributed by atoms with Gasteiger partial charge < -0.3 is 0 Å². The van der Waals surface area contributed by atoms with E-state index in [-0.39, 0.29) is 36.0 Å². The van der Waals surface area contributed by atoms with E-state index < -0.39 is 60.8 Å². The SMILES string of the molecule is C=CCCCC(C)C1CCC2C3CC(OS(=O)(=O)O)C4CC(OS(=O)(=O)O)C(OS(=O)(=O)O)CC4(C)C3CCC12C. The van der Waals surface area contributed by atoms with Crippen LogP contribution in [0.3, 0.4) is 0 Å². The molecule has 3 N–H and O–H groups in total. The first-order valence-electron chi connectivity index (χ1n) is 14.4. The summed E-state index contributed by atoms with van der Waals surface area (Å²) in [5.74, 6) is 0.528. The van der Waals surface area contributed by atoms with E-state index in [1.54, 1.807) is 0 Å². The molecule has 0 spiro atoms. The molecule has 11 unspecified atom stereocenters. The fraction of sp³-hybridized carbons (Fsp3) is 0.923. The van der Waals surface area contributed by atoms with Crippen molar-refractivity contribution >= 4 is 31.2 Å². The summed E-state index contributed by atoms with van der Waals surface area (Å²) >= 11 is 0. The number of unbranched alkanes of at least 4 members (excludes halogenated alkanes) is 1. The Morgan fingerprint density at radius 2 is 1.37 bits per heavy atom. The molecule has 4 aliphatic rings. The first-order chi connectivity index (χ1) is 18.8. The quantitative estimate of drug-likeness (QED) is 0.163. The number of hydrogen-bond donors (Lipinski definition) is 3. The second-order valence-electron chi connectivity index (χ2n) is 13.3. The smallest absolute Gasteiger partial charge is 0.264 e. The van der Waals surface area contributed by atoms with Gasteiger partial charge in [0.15, 0.2) is 0 Å². The van der Waals surface area contributed by atoms with E-state index in [0.717, 1.165) is 44.9 Å². The summed E-state index contributed by atoms with van der Waals surface area (Å²) in [6.07, 6.45) is 4.67. The predicted octanol–water partition coefficient (Wildman–Crippen LogP) is 4.42. The highest BCUT2D eigenvalue weighted by molar-refractivity contribution is 7.81. The first-order valence-corrected chi connectivity index (χ1v) is 18.4. The highest BCUT2D eigenvalue weighted by atomic mass is 32.3. The van der Waals surface area contributed by atoms with Gasteiger partial charge in [-0.05, 0) is 104 Å². The molecule has 0 bridgehead atoms. The van der Waals surface area contributed by atoms with Crippen LogP contribution in [0.1, 0.15) is 85.0 Å². The van der Waals surface area contributed by atoms with Crippen molar-refractivity contribution < 1.29 is 51.5 Å². The van der Waals surface area contributed by atoms with Crippen molar-refractivity contribution in [3.05, 3.63) is 12.7 Å². The first kappa shape index (κ1) is 33.2. The third-order valence-electron chi connectivity index (χ3n) is 11.2. The van der Waals surface area contributed by atoms with Gasteiger partial charge in [-0.2, -0.15) is 25.3 Å². The number of fused-ring (bicyclic) bond motifs is 5. The topological polar surface area (TPSA) is 191 Å². The largest absolute Gasteiger partial charge is 0.397 e. The van der Waals surface area contributed by atoms with Crippen molar-refractivity contribution in [3.8, 4) is 0 Å². The van der Waals surface area contributed by atoms with E-state index in [2.05, 4.69) is 20.4 Å². The molecule has 0 aromatic rings. The van der Waals surface area contributed by atoms with E-state index in [4.69, 9.17) is 12.5 Å². The van der Waals surface area contributed by atoms with Gasteiger partial charge >= 0.3 is 31.2 Å². The molecule has 4 fully saturated rings. The third kappa shape index (κ3) is 7.19. The molecule has 0 aromatic heterocycles. The van der Waals surface area contributed by atoms with Crippen LogP contribution in [0.15, 0.2) is 12.7 Å². The van der Waals surface area contributed by atoms with Crippen LogP contribution in [-0.4, -0.2) is 57.2 Å². The standard InChI is InChI=1S/C26H44O12S3/c1-5-6-7-8-16(2)18-9-10-19-17-13-22(36-39(27,28)29)21-14-23(37-40(30,31)32)24(38-41(33,34)35)15-26(21,4)20(17)11-12-25(18,19)3/h5,16-24H,1,6-15H2,2-4H3,(H,27,28,29)(H,30,31,32)(H,33,34,35). The van der Waals surface area contributed by atoms with Crippen LogP contribution in [0, 0.1) is 46.3 Å². The highest BCUT2D eigenvalue weighted by Gasteiger charge is 2.65. The maximum atomic E-state index is 12.0. The Balaban J connectivity index is 1.70. The average Bonchev–Trinajstić information content (AvgIpc) is 3.15. The Labute approximate surface area is 244 Å². The average molecular weight is 645 g/mol. The molecule has 11 atom stereocenters. The summed E-state index contributed by atoms with van der Waals surface area (Å²) in [7, 11) is -15.0. The van der Waals surface area contributed by atoms with Gasteiger partial charge in [-0.15, -0.1) is 6.58 Å². The van der Waals surface area contributed by atoms with Crippen LogP contribution in [0.4, 0.5) is 0 Å². The minimum Gasteiger partial charge on any atom is -0.264 e. The molecule has 41 heavy (non-hydrogen) atoms. The lowest BCUT2D eigenvalue weighted by Gasteiger charge is -2.63. The molecule has 4 saturated carbocycles. The second-order valence-corrected chi connectivity index (χ2v) is 16.4. The highest BCUT2D eigenvalue weighted by Crippen LogP contribution is 2.69. The summed E-state index contributed by atoms with van der Waals surface area (Å²) < 4.78 is 114. The summed E-state index contributed by atoms with van der Waals surface area (Å²) in [6.45, 7) is 10.3. The van der Waals surface area contributed by atoms with E-state index in [0.29, 0.717) is 18.3 Å². The van der Waals surface area contributed by atoms with Gasteiger partial charge in [0.1, 0.15) is 12.2 Å². The molecule has 4 rings (SSSR count). The minimum atomic E-state index is -5.06. The maximum absolute atomic E-state index is 12.0. The molecule has 0 aliphatic heterocycles. The van der Waals surface area contributed by atoms with Gasteiger partial charge in [0.25, 0.3) is 0 Å². The molecule has 0 amide bonds. The minimum absolute atomic E-state index is 0.00227. The Morgan fingerprint density at radius 3 is 1.95 bits per heavy atom. The van der Waals surface area contributed by atoms with Crippen LogP contribution in [0.25, 0.3) is 0 Å². The van der Waals surface area contributed by atoms with Crippen molar-refractivity contribution in [2.24, 2.45) is 46.3 Å². The van der Waals surface area contributed by atoms with Crippen molar-refractivity contribution in [2.45, 2.75) is 103 Å². The number of rotatable bonds is 11. The van der Waals surface area contributed by atoms with Crippen LogP contribution < -0.4 is 0 Å². The zero-order valence-corrected chi connectivity index (χ0v) is 26.2. The van der Waals surface area contributed by atoms with E-state index in [9.17, 15) is 38.9 Å². The molecule has 0 heterocycles. The zero-order valence-electron chi connectivity index (χ0n) is 23.8. The molecule has 4 aliphatic carbocycles. The fourth-order valence-electron chi connectivity index (χ4n) is 9.79. The second kappa shape index (κ2) is 11.7. The van der Waals surface area contributed by atoms with Crippen LogP contribution in [-0.2, 0) is 43.7 Å². The third-order valence-corrected chi connectivity index (χ3v) is 12.7. The lowest BCUT2D eigenvalue weighted by atomic mass is 9.43. The van der Waals surface area contributed by atoms with Gasteiger partial charge in [-0.3, -0.25) is 13.7 Å².